The van der Waals surface area contributed by atoms with Crippen LogP contribution in [0.1, 0.15) is 30.9 Å². The van der Waals surface area contributed by atoms with E-state index >= 15 is 0 Å². The number of halogens is 3. The Hall–Kier alpha value is -1.03. The molecule has 0 aliphatic rings. The Balaban J connectivity index is 2.77. The predicted molar refractivity (Wildman–Crippen MR) is 62.9 cm³/mol. The first-order chi connectivity index (χ1) is 7.99. The van der Waals surface area contributed by atoms with Crippen molar-refractivity contribution in [3.63, 3.8) is 0 Å². The van der Waals surface area contributed by atoms with Gasteiger partial charge in [-0.25, -0.2) is 0 Å². The number of rotatable bonds is 5. The Morgan fingerprint density at radius 2 is 1.88 bits per heavy atom. The standard InChI is InChI=1S/C13H18F3N/c1-3-11(17-2)9-8-10-6-4-5-7-12(10)13(14,15)16/h4-7,11,17H,3,8-9H2,1-2H3. The van der Waals surface area contributed by atoms with Gasteiger partial charge in [-0.15, -0.1) is 0 Å². The van der Waals surface area contributed by atoms with E-state index in [1.807, 2.05) is 14.0 Å². The predicted octanol–water partition coefficient (Wildman–Crippen LogP) is 3.64. The number of aryl methyl sites for hydroxylation is 1. The van der Waals surface area contributed by atoms with E-state index in [-0.39, 0.29) is 6.04 Å². The maximum Gasteiger partial charge on any atom is 0.416 e. The molecule has 0 aliphatic carbocycles. The van der Waals surface area contributed by atoms with E-state index in [9.17, 15) is 13.2 Å². The molecule has 0 fully saturated rings. The minimum Gasteiger partial charge on any atom is -0.317 e. The highest BCUT2D eigenvalue weighted by atomic mass is 19.4. The summed E-state index contributed by atoms with van der Waals surface area (Å²) in [5.74, 6) is 0. The first-order valence-electron chi connectivity index (χ1n) is 5.81. The van der Waals surface area contributed by atoms with E-state index < -0.39 is 11.7 Å². The van der Waals surface area contributed by atoms with Crippen LogP contribution in [-0.2, 0) is 12.6 Å². The zero-order chi connectivity index (χ0) is 12.9. The molecule has 1 nitrogen and oxygen atoms in total. The van der Waals surface area contributed by atoms with Crippen LogP contribution in [0.25, 0.3) is 0 Å². The van der Waals surface area contributed by atoms with Gasteiger partial charge in [-0.3, -0.25) is 0 Å². The van der Waals surface area contributed by atoms with Gasteiger partial charge in [0.2, 0.25) is 0 Å². The third-order valence-electron chi connectivity index (χ3n) is 2.99. The van der Waals surface area contributed by atoms with E-state index in [4.69, 9.17) is 0 Å². The zero-order valence-electron chi connectivity index (χ0n) is 10.1. The van der Waals surface area contributed by atoms with Gasteiger partial charge < -0.3 is 5.32 Å². The van der Waals surface area contributed by atoms with Gasteiger partial charge in [-0.2, -0.15) is 13.2 Å². The number of alkyl halides is 3. The van der Waals surface area contributed by atoms with Gasteiger partial charge >= 0.3 is 6.18 Å². The summed E-state index contributed by atoms with van der Waals surface area (Å²) in [4.78, 5) is 0. The van der Waals surface area contributed by atoms with Crippen LogP contribution < -0.4 is 5.32 Å². The lowest BCUT2D eigenvalue weighted by atomic mass is 9.99. The summed E-state index contributed by atoms with van der Waals surface area (Å²) >= 11 is 0. The number of hydrogen-bond donors (Lipinski definition) is 1. The SMILES string of the molecule is CCC(CCc1ccccc1C(F)(F)F)NC. The second kappa shape index (κ2) is 6.05. The lowest BCUT2D eigenvalue weighted by Gasteiger charge is -2.16. The average molecular weight is 245 g/mol. The molecule has 1 aromatic rings. The van der Waals surface area contributed by atoms with Gasteiger partial charge in [0.1, 0.15) is 0 Å². The molecule has 0 spiro atoms. The minimum absolute atomic E-state index is 0.274. The molecule has 17 heavy (non-hydrogen) atoms. The Morgan fingerprint density at radius 1 is 1.24 bits per heavy atom. The van der Waals surface area contributed by atoms with Crippen molar-refractivity contribution in [1.82, 2.24) is 5.32 Å². The van der Waals surface area contributed by atoms with Gasteiger partial charge in [0, 0.05) is 6.04 Å². The summed E-state index contributed by atoms with van der Waals surface area (Å²) < 4.78 is 38.2. The monoisotopic (exact) mass is 245 g/mol. The largest absolute Gasteiger partial charge is 0.416 e. The van der Waals surface area contributed by atoms with E-state index in [0.717, 1.165) is 18.9 Å². The molecular formula is C13H18F3N. The lowest BCUT2D eigenvalue weighted by molar-refractivity contribution is -0.138. The number of benzene rings is 1. The van der Waals surface area contributed by atoms with Crippen LogP contribution in [0.2, 0.25) is 0 Å². The van der Waals surface area contributed by atoms with Crippen molar-refractivity contribution < 1.29 is 13.2 Å². The van der Waals surface area contributed by atoms with Crippen LogP contribution >= 0.6 is 0 Å². The van der Waals surface area contributed by atoms with E-state index in [1.165, 1.54) is 6.07 Å². The smallest absolute Gasteiger partial charge is 0.317 e. The fourth-order valence-electron chi connectivity index (χ4n) is 1.90. The van der Waals surface area contributed by atoms with Crippen LogP contribution in [0.4, 0.5) is 13.2 Å². The lowest BCUT2D eigenvalue weighted by Crippen LogP contribution is -2.25. The number of hydrogen-bond acceptors (Lipinski definition) is 1. The second-order valence-corrected chi connectivity index (χ2v) is 4.09. The third-order valence-corrected chi connectivity index (χ3v) is 2.99. The van der Waals surface area contributed by atoms with Crippen molar-refractivity contribution in [2.24, 2.45) is 0 Å². The van der Waals surface area contributed by atoms with Gasteiger partial charge in [-0.1, -0.05) is 25.1 Å². The van der Waals surface area contributed by atoms with Crippen molar-refractivity contribution in [3.8, 4) is 0 Å². The Kier molecular flexibility index (Phi) is 5.00. The molecule has 1 atom stereocenters. The Bertz CT molecular complexity index is 343. The summed E-state index contributed by atoms with van der Waals surface area (Å²) in [5, 5.41) is 3.10. The maximum atomic E-state index is 12.7. The van der Waals surface area contributed by atoms with Crippen LogP contribution in [0.3, 0.4) is 0 Å². The van der Waals surface area contributed by atoms with Crippen molar-refractivity contribution in [1.29, 1.82) is 0 Å². The van der Waals surface area contributed by atoms with E-state index in [1.54, 1.807) is 12.1 Å². The molecule has 0 aromatic heterocycles. The number of nitrogens with one attached hydrogen (secondary N) is 1. The average Bonchev–Trinajstić information content (AvgIpc) is 2.29. The molecule has 0 aliphatic heterocycles. The summed E-state index contributed by atoms with van der Waals surface area (Å²) in [6, 6.07) is 6.07. The van der Waals surface area contributed by atoms with Crippen LogP contribution in [0.5, 0.6) is 0 Å². The molecule has 4 heteroatoms. The van der Waals surface area contributed by atoms with Crippen LogP contribution in [-0.4, -0.2) is 13.1 Å². The first-order valence-corrected chi connectivity index (χ1v) is 5.81. The van der Waals surface area contributed by atoms with E-state index in [0.29, 0.717) is 12.0 Å². The highest BCUT2D eigenvalue weighted by molar-refractivity contribution is 5.29. The summed E-state index contributed by atoms with van der Waals surface area (Å²) in [7, 11) is 1.84. The van der Waals surface area contributed by atoms with Gasteiger partial charge in [0.05, 0.1) is 5.56 Å². The Labute approximate surface area is 100 Å². The molecule has 0 bridgehead atoms. The molecular weight excluding hydrogens is 227 g/mol. The van der Waals surface area contributed by atoms with Crippen molar-refractivity contribution >= 4 is 0 Å². The molecule has 96 valence electrons. The zero-order valence-corrected chi connectivity index (χ0v) is 10.1. The molecule has 1 rings (SSSR count). The molecule has 0 radical (unpaired) electrons. The highest BCUT2D eigenvalue weighted by Gasteiger charge is 2.32. The second-order valence-electron chi connectivity index (χ2n) is 4.09. The van der Waals surface area contributed by atoms with Crippen LogP contribution in [0, 0.1) is 0 Å². The van der Waals surface area contributed by atoms with Gasteiger partial charge in [0.15, 0.2) is 0 Å². The summed E-state index contributed by atoms with van der Waals surface area (Å²) in [5.41, 5.74) is -0.125. The first kappa shape index (κ1) is 14.0. The molecule has 0 amide bonds. The minimum atomic E-state index is -4.25. The molecule has 0 heterocycles. The topological polar surface area (TPSA) is 12.0 Å². The van der Waals surface area contributed by atoms with Crippen molar-refractivity contribution in [2.45, 2.75) is 38.4 Å². The summed E-state index contributed by atoms with van der Waals surface area (Å²) in [6.07, 6.45) is -2.16. The third kappa shape index (κ3) is 4.04. The molecule has 0 saturated carbocycles. The van der Waals surface area contributed by atoms with Gasteiger partial charge in [-0.05, 0) is 37.9 Å². The summed E-state index contributed by atoms with van der Waals surface area (Å²) in [6.45, 7) is 2.02. The fourth-order valence-corrected chi connectivity index (χ4v) is 1.90. The highest BCUT2D eigenvalue weighted by Crippen LogP contribution is 2.32. The molecule has 0 saturated heterocycles. The Morgan fingerprint density at radius 3 is 2.41 bits per heavy atom. The maximum absolute atomic E-state index is 12.7. The van der Waals surface area contributed by atoms with Crippen LogP contribution in [0.15, 0.2) is 24.3 Å². The fraction of sp³-hybridized carbons (Fsp3) is 0.538. The molecule has 1 unspecified atom stereocenters. The quantitative estimate of drug-likeness (QED) is 0.835. The molecule has 1 N–H and O–H groups in total. The van der Waals surface area contributed by atoms with Crippen molar-refractivity contribution in [3.05, 3.63) is 35.4 Å². The normalized spacial score (nSPS) is 13.7. The molecule has 1 aromatic carbocycles. The van der Waals surface area contributed by atoms with Crippen molar-refractivity contribution in [2.75, 3.05) is 7.05 Å². The van der Waals surface area contributed by atoms with E-state index in [2.05, 4.69) is 5.32 Å². The van der Waals surface area contributed by atoms with Gasteiger partial charge in [0.25, 0.3) is 0 Å².